The first-order valence-corrected chi connectivity index (χ1v) is 11.9. The molecule has 2 heterocycles. The molecule has 0 radical (unpaired) electrons. The second-order valence-corrected chi connectivity index (χ2v) is 11.4. The number of sulfonamides is 1. The Hall–Kier alpha value is -1.32. The fourth-order valence-electron chi connectivity index (χ4n) is 5.54. The van der Waals surface area contributed by atoms with Gasteiger partial charge in [-0.3, -0.25) is 4.79 Å². The molecular weight excluding hydrogens is 419 g/mol. The molecule has 0 aromatic carbocycles. The molecule has 1 saturated heterocycles. The minimum atomic E-state index is -3.64. The predicted molar refractivity (Wildman–Crippen MR) is 108 cm³/mol. The SMILES string of the molecule is C[C@H]1CN(S(=O)(=O)C[C@@]23CC[C@H](CC2=O)C3(C)C)CCN1c1nc(Cl)ncc1F. The van der Waals surface area contributed by atoms with Crippen LogP contribution in [0.5, 0.6) is 0 Å². The Bertz CT molecular complexity index is 957. The Labute approximate surface area is 175 Å². The van der Waals surface area contributed by atoms with Crippen molar-refractivity contribution < 1.29 is 17.6 Å². The summed E-state index contributed by atoms with van der Waals surface area (Å²) in [4.78, 5) is 22.1. The Kier molecular flexibility index (Phi) is 4.94. The predicted octanol–water partition coefficient (Wildman–Crippen LogP) is 2.50. The molecule has 1 aromatic rings. The number of carbonyl (C=O) groups is 1. The Balaban J connectivity index is 1.53. The molecule has 3 aliphatic rings. The minimum Gasteiger partial charge on any atom is -0.349 e. The van der Waals surface area contributed by atoms with Crippen LogP contribution in [0.1, 0.15) is 40.0 Å². The maximum atomic E-state index is 14.2. The third-order valence-corrected chi connectivity index (χ3v) is 9.68. The summed E-state index contributed by atoms with van der Waals surface area (Å²) in [5.74, 6) is -0.285. The van der Waals surface area contributed by atoms with Crippen LogP contribution in [-0.2, 0) is 14.8 Å². The Morgan fingerprint density at radius 3 is 2.66 bits per heavy atom. The van der Waals surface area contributed by atoms with E-state index in [1.165, 1.54) is 4.31 Å². The normalized spacial score (nSPS) is 32.2. The van der Waals surface area contributed by atoms with E-state index in [9.17, 15) is 17.6 Å². The molecule has 2 aliphatic carbocycles. The van der Waals surface area contributed by atoms with Crippen LogP contribution >= 0.6 is 11.6 Å². The zero-order valence-electron chi connectivity index (χ0n) is 16.9. The molecule has 3 atom stereocenters. The summed E-state index contributed by atoms with van der Waals surface area (Å²) in [5, 5.41) is -0.0551. The van der Waals surface area contributed by atoms with E-state index in [0.29, 0.717) is 12.8 Å². The second kappa shape index (κ2) is 6.85. The summed E-state index contributed by atoms with van der Waals surface area (Å²) in [6, 6.07) is -0.292. The van der Waals surface area contributed by atoms with E-state index in [4.69, 9.17) is 11.6 Å². The quantitative estimate of drug-likeness (QED) is 0.663. The van der Waals surface area contributed by atoms with Crippen molar-refractivity contribution in [1.82, 2.24) is 14.3 Å². The largest absolute Gasteiger partial charge is 0.349 e. The van der Waals surface area contributed by atoms with E-state index in [1.807, 2.05) is 20.8 Å². The molecule has 0 amide bonds. The van der Waals surface area contributed by atoms with E-state index in [-0.39, 0.29) is 59.6 Å². The van der Waals surface area contributed by atoms with Gasteiger partial charge in [0, 0.05) is 37.5 Å². The highest BCUT2D eigenvalue weighted by Gasteiger charge is 2.65. The summed E-state index contributed by atoms with van der Waals surface area (Å²) in [6.45, 7) is 6.60. The number of hydrogen-bond acceptors (Lipinski definition) is 6. The van der Waals surface area contributed by atoms with Crippen molar-refractivity contribution in [3.05, 3.63) is 17.3 Å². The van der Waals surface area contributed by atoms with Crippen LogP contribution < -0.4 is 4.90 Å². The van der Waals surface area contributed by atoms with Gasteiger partial charge in [-0.05, 0) is 42.7 Å². The van der Waals surface area contributed by atoms with Gasteiger partial charge in [-0.1, -0.05) is 13.8 Å². The molecule has 7 nitrogen and oxygen atoms in total. The number of ketones is 1. The van der Waals surface area contributed by atoms with Crippen LogP contribution in [0.15, 0.2) is 6.20 Å². The van der Waals surface area contributed by atoms with Crippen molar-refractivity contribution in [2.24, 2.45) is 16.7 Å². The van der Waals surface area contributed by atoms with Gasteiger partial charge in [0.15, 0.2) is 11.6 Å². The minimum absolute atomic E-state index is 0.0551. The van der Waals surface area contributed by atoms with Crippen LogP contribution in [0.2, 0.25) is 5.28 Å². The van der Waals surface area contributed by atoms with Gasteiger partial charge in [-0.15, -0.1) is 0 Å². The number of hydrogen-bond donors (Lipinski definition) is 0. The van der Waals surface area contributed by atoms with E-state index in [2.05, 4.69) is 9.97 Å². The summed E-state index contributed by atoms with van der Waals surface area (Å²) in [6.07, 6.45) is 3.06. The smallest absolute Gasteiger partial charge is 0.224 e. The van der Waals surface area contributed by atoms with E-state index < -0.39 is 21.3 Å². The lowest BCUT2D eigenvalue weighted by Crippen LogP contribution is -2.56. The van der Waals surface area contributed by atoms with Crippen molar-refractivity contribution in [1.29, 1.82) is 0 Å². The van der Waals surface area contributed by atoms with Crippen LogP contribution in [0.25, 0.3) is 0 Å². The summed E-state index contributed by atoms with van der Waals surface area (Å²) >= 11 is 5.80. The molecule has 4 rings (SSSR count). The molecule has 160 valence electrons. The lowest BCUT2D eigenvalue weighted by atomic mass is 9.70. The molecule has 2 bridgehead atoms. The van der Waals surface area contributed by atoms with E-state index in [0.717, 1.165) is 12.6 Å². The molecule has 0 N–H and O–H groups in total. The molecule has 1 aliphatic heterocycles. The van der Waals surface area contributed by atoms with Crippen molar-refractivity contribution in [3.63, 3.8) is 0 Å². The third kappa shape index (κ3) is 3.16. The monoisotopic (exact) mass is 444 g/mol. The highest BCUT2D eigenvalue weighted by atomic mass is 35.5. The van der Waals surface area contributed by atoms with Gasteiger partial charge in [0.25, 0.3) is 0 Å². The maximum Gasteiger partial charge on any atom is 0.224 e. The first-order chi connectivity index (χ1) is 13.5. The van der Waals surface area contributed by atoms with Gasteiger partial charge >= 0.3 is 0 Å². The fraction of sp³-hybridized carbons (Fsp3) is 0.737. The molecular formula is C19H26ClFN4O3S. The highest BCUT2D eigenvalue weighted by molar-refractivity contribution is 7.89. The van der Waals surface area contributed by atoms with Gasteiger partial charge < -0.3 is 4.90 Å². The van der Waals surface area contributed by atoms with Crippen LogP contribution in [-0.4, -0.2) is 59.9 Å². The van der Waals surface area contributed by atoms with Gasteiger partial charge in [-0.25, -0.2) is 17.8 Å². The van der Waals surface area contributed by atoms with Crippen molar-refractivity contribution in [2.45, 2.75) is 46.1 Å². The average Bonchev–Trinajstić information content (AvgIpc) is 2.98. The number of aromatic nitrogens is 2. The molecule has 2 saturated carbocycles. The van der Waals surface area contributed by atoms with E-state index in [1.54, 1.807) is 4.90 Å². The topological polar surface area (TPSA) is 83.5 Å². The summed E-state index contributed by atoms with van der Waals surface area (Å²) < 4.78 is 42.2. The molecule has 10 heteroatoms. The Morgan fingerprint density at radius 1 is 1.34 bits per heavy atom. The molecule has 0 spiro atoms. The van der Waals surface area contributed by atoms with Crippen molar-refractivity contribution in [3.8, 4) is 0 Å². The number of piperazine rings is 1. The van der Waals surface area contributed by atoms with Crippen molar-refractivity contribution in [2.75, 3.05) is 30.3 Å². The number of halogens is 2. The second-order valence-electron chi connectivity index (χ2n) is 9.13. The average molecular weight is 445 g/mol. The fourth-order valence-corrected chi connectivity index (χ4v) is 7.96. The van der Waals surface area contributed by atoms with Gasteiger partial charge in [0.1, 0.15) is 5.78 Å². The van der Waals surface area contributed by atoms with Crippen LogP contribution in [0, 0.1) is 22.6 Å². The number of fused-ring (bicyclic) bond motifs is 2. The lowest BCUT2D eigenvalue weighted by molar-refractivity contribution is -0.128. The number of carbonyl (C=O) groups excluding carboxylic acids is 1. The van der Waals surface area contributed by atoms with Gasteiger partial charge in [-0.2, -0.15) is 9.29 Å². The number of nitrogens with zero attached hydrogens (tertiary/aromatic N) is 4. The first-order valence-electron chi connectivity index (χ1n) is 9.94. The first kappa shape index (κ1) is 20.9. The van der Waals surface area contributed by atoms with Crippen LogP contribution in [0.3, 0.4) is 0 Å². The summed E-state index contributed by atoms with van der Waals surface area (Å²) in [5.41, 5.74) is -1.09. The molecule has 3 fully saturated rings. The third-order valence-electron chi connectivity index (χ3n) is 7.52. The standard InChI is InChI=1S/C19H26ClFN4O3S/c1-12-10-24(6-7-25(12)16-14(21)9-22-17(20)23-16)29(27,28)11-19-5-4-13(8-15(19)26)18(19,2)3/h9,12-13H,4-8,10-11H2,1-3H3/t12-,13+,19-/m0/s1. The Morgan fingerprint density at radius 2 is 2.07 bits per heavy atom. The van der Waals surface area contributed by atoms with Gasteiger partial charge in [0.05, 0.1) is 11.9 Å². The zero-order chi connectivity index (χ0) is 21.2. The van der Waals surface area contributed by atoms with Crippen LogP contribution in [0.4, 0.5) is 10.2 Å². The highest BCUT2D eigenvalue weighted by Crippen LogP contribution is 2.64. The number of rotatable bonds is 4. The van der Waals surface area contributed by atoms with Gasteiger partial charge in [0.2, 0.25) is 15.3 Å². The molecule has 1 aromatic heterocycles. The number of Topliss-reactive ketones (excluding diaryl/α,β-unsaturated/α-hetero) is 1. The number of anilines is 1. The maximum absolute atomic E-state index is 14.2. The van der Waals surface area contributed by atoms with E-state index >= 15 is 0 Å². The molecule has 0 unspecified atom stereocenters. The van der Waals surface area contributed by atoms with Crippen molar-refractivity contribution >= 4 is 33.2 Å². The molecule has 29 heavy (non-hydrogen) atoms. The summed E-state index contributed by atoms with van der Waals surface area (Å²) in [7, 11) is -3.64. The lowest BCUT2D eigenvalue weighted by Gasteiger charge is -2.42. The zero-order valence-corrected chi connectivity index (χ0v) is 18.4.